The van der Waals surface area contributed by atoms with E-state index >= 15 is 0 Å². The van der Waals surface area contributed by atoms with Crippen molar-refractivity contribution in [3.63, 3.8) is 0 Å². The van der Waals surface area contributed by atoms with E-state index in [0.717, 1.165) is 19.6 Å². The van der Waals surface area contributed by atoms with Gasteiger partial charge in [0.2, 0.25) is 0 Å². The molecule has 1 aliphatic heterocycles. The fourth-order valence-corrected chi connectivity index (χ4v) is 3.10. The highest BCUT2D eigenvalue weighted by Crippen LogP contribution is 2.47. The average Bonchev–Trinajstić information content (AvgIpc) is 3.18. The van der Waals surface area contributed by atoms with Gasteiger partial charge >= 0.3 is 0 Å². The second-order valence-corrected chi connectivity index (χ2v) is 6.38. The number of piperidine rings is 1. The van der Waals surface area contributed by atoms with E-state index < -0.39 is 0 Å². The van der Waals surface area contributed by atoms with E-state index in [2.05, 4.69) is 36.5 Å². The zero-order valence-corrected chi connectivity index (χ0v) is 11.3. The second-order valence-electron chi connectivity index (χ2n) is 6.38. The Morgan fingerprint density at radius 3 is 2.56 bits per heavy atom. The molecule has 0 radical (unpaired) electrons. The first-order valence-corrected chi connectivity index (χ1v) is 7.22. The van der Waals surface area contributed by atoms with Crippen LogP contribution in [-0.4, -0.2) is 19.6 Å². The normalized spacial score (nSPS) is 30.1. The molecule has 1 heterocycles. The van der Waals surface area contributed by atoms with E-state index in [-0.39, 0.29) is 0 Å². The van der Waals surface area contributed by atoms with Crippen LogP contribution in [0.1, 0.15) is 43.2 Å². The lowest BCUT2D eigenvalue weighted by atomic mass is 9.84. The van der Waals surface area contributed by atoms with Crippen LogP contribution in [0.2, 0.25) is 0 Å². The maximum atomic E-state index is 5.79. The van der Waals surface area contributed by atoms with Crippen LogP contribution >= 0.6 is 0 Å². The minimum Gasteiger partial charge on any atom is -0.330 e. The van der Waals surface area contributed by atoms with Gasteiger partial charge in [0.05, 0.1) is 0 Å². The summed E-state index contributed by atoms with van der Waals surface area (Å²) in [5, 5.41) is 3.51. The quantitative estimate of drug-likeness (QED) is 0.857. The summed E-state index contributed by atoms with van der Waals surface area (Å²) >= 11 is 0. The molecule has 18 heavy (non-hydrogen) atoms. The maximum Gasteiger partial charge on any atom is 0.00203 e. The van der Waals surface area contributed by atoms with Gasteiger partial charge in [-0.1, -0.05) is 31.2 Å². The molecule has 1 saturated carbocycles. The molecule has 0 aromatic heterocycles. The molecule has 1 saturated heterocycles. The number of benzene rings is 1. The Bertz CT molecular complexity index is 406. The van der Waals surface area contributed by atoms with Crippen molar-refractivity contribution < 1.29 is 0 Å². The molecule has 1 aromatic carbocycles. The number of hydrogen-bond donors (Lipinski definition) is 2. The first-order chi connectivity index (χ1) is 8.71. The van der Waals surface area contributed by atoms with Gasteiger partial charge in [-0.05, 0) is 60.7 Å². The Morgan fingerprint density at radius 1 is 1.22 bits per heavy atom. The van der Waals surface area contributed by atoms with Crippen molar-refractivity contribution >= 4 is 0 Å². The molecule has 3 N–H and O–H groups in total. The van der Waals surface area contributed by atoms with Gasteiger partial charge < -0.3 is 11.1 Å². The van der Waals surface area contributed by atoms with Gasteiger partial charge in [0.1, 0.15) is 0 Å². The lowest BCUT2D eigenvalue weighted by Gasteiger charge is -2.29. The van der Waals surface area contributed by atoms with E-state index in [9.17, 15) is 0 Å². The molecule has 2 unspecified atom stereocenters. The summed E-state index contributed by atoms with van der Waals surface area (Å²) in [6.45, 7) is 5.37. The third kappa shape index (κ3) is 2.32. The van der Waals surface area contributed by atoms with Gasteiger partial charge in [-0.25, -0.2) is 0 Å². The third-order valence-electron chi connectivity index (χ3n) is 4.85. The highest BCUT2D eigenvalue weighted by Gasteiger charge is 2.38. The summed E-state index contributed by atoms with van der Waals surface area (Å²) in [6.07, 6.45) is 3.94. The number of nitrogens with two attached hydrogens (primary N) is 1. The van der Waals surface area contributed by atoms with E-state index in [1.807, 2.05) is 0 Å². The summed E-state index contributed by atoms with van der Waals surface area (Å²) in [5.74, 6) is 1.29. The topological polar surface area (TPSA) is 38.0 Å². The number of rotatable bonds is 3. The molecule has 2 heteroatoms. The molecule has 98 valence electrons. The zero-order chi connectivity index (χ0) is 12.6. The van der Waals surface area contributed by atoms with Crippen LogP contribution in [0.3, 0.4) is 0 Å². The molecule has 1 aromatic rings. The lowest BCUT2D eigenvalue weighted by molar-refractivity contribution is 0.348. The molecule has 2 fully saturated rings. The SMILES string of the molecule is CC1(c2ccc(C3CNCC(CN)C3)cc2)CC1. The number of hydrogen-bond acceptors (Lipinski definition) is 2. The maximum absolute atomic E-state index is 5.79. The Balaban J connectivity index is 1.72. The third-order valence-corrected chi connectivity index (χ3v) is 4.85. The van der Waals surface area contributed by atoms with Crippen LogP contribution < -0.4 is 11.1 Å². The molecule has 1 aliphatic carbocycles. The Kier molecular flexibility index (Phi) is 3.16. The van der Waals surface area contributed by atoms with Crippen LogP contribution in [0.15, 0.2) is 24.3 Å². The lowest BCUT2D eigenvalue weighted by Crippen LogP contribution is -2.38. The predicted molar refractivity (Wildman–Crippen MR) is 75.8 cm³/mol. The molecule has 2 nitrogen and oxygen atoms in total. The molecule has 0 spiro atoms. The molecular formula is C16H24N2. The summed E-state index contributed by atoms with van der Waals surface area (Å²) < 4.78 is 0. The largest absolute Gasteiger partial charge is 0.330 e. The average molecular weight is 244 g/mol. The zero-order valence-electron chi connectivity index (χ0n) is 11.3. The molecule has 2 aliphatic rings. The highest BCUT2D eigenvalue weighted by molar-refractivity contribution is 5.34. The van der Waals surface area contributed by atoms with Gasteiger partial charge in [-0.2, -0.15) is 0 Å². The fraction of sp³-hybridized carbons (Fsp3) is 0.625. The minimum atomic E-state index is 0.489. The van der Waals surface area contributed by atoms with Crippen molar-refractivity contribution in [1.82, 2.24) is 5.32 Å². The molecule has 0 bridgehead atoms. The Labute approximate surface area is 110 Å². The van der Waals surface area contributed by atoms with E-state index in [0.29, 0.717) is 17.3 Å². The minimum absolute atomic E-state index is 0.489. The standard InChI is InChI=1S/C16H24N2/c1-16(6-7-16)15-4-2-13(3-5-15)14-8-12(9-17)10-18-11-14/h2-5,12,14,18H,6-11,17H2,1H3. The van der Waals surface area contributed by atoms with Gasteiger partial charge in [-0.15, -0.1) is 0 Å². The summed E-state index contributed by atoms with van der Waals surface area (Å²) in [6, 6.07) is 9.36. The van der Waals surface area contributed by atoms with Gasteiger partial charge in [0, 0.05) is 6.54 Å². The van der Waals surface area contributed by atoms with Crippen molar-refractivity contribution in [3.05, 3.63) is 35.4 Å². The smallest absolute Gasteiger partial charge is 0.00203 e. The van der Waals surface area contributed by atoms with Crippen LogP contribution in [0, 0.1) is 5.92 Å². The molecule has 2 atom stereocenters. The number of nitrogens with one attached hydrogen (secondary N) is 1. The predicted octanol–water partition coefficient (Wildman–Crippen LogP) is 2.39. The Hall–Kier alpha value is -0.860. The monoisotopic (exact) mass is 244 g/mol. The van der Waals surface area contributed by atoms with Crippen molar-refractivity contribution in [3.8, 4) is 0 Å². The van der Waals surface area contributed by atoms with Crippen LogP contribution in [0.25, 0.3) is 0 Å². The van der Waals surface area contributed by atoms with Crippen molar-refractivity contribution in [2.24, 2.45) is 11.7 Å². The molecule has 0 amide bonds. The Morgan fingerprint density at radius 2 is 1.94 bits per heavy atom. The van der Waals surface area contributed by atoms with E-state index in [1.165, 1.54) is 30.4 Å². The first-order valence-electron chi connectivity index (χ1n) is 7.22. The van der Waals surface area contributed by atoms with Crippen molar-refractivity contribution in [2.75, 3.05) is 19.6 Å². The first kappa shape index (κ1) is 12.2. The summed E-state index contributed by atoms with van der Waals surface area (Å²) in [4.78, 5) is 0. The molecule has 3 rings (SSSR count). The van der Waals surface area contributed by atoms with Crippen LogP contribution in [-0.2, 0) is 5.41 Å². The van der Waals surface area contributed by atoms with Crippen LogP contribution in [0.5, 0.6) is 0 Å². The second kappa shape index (κ2) is 4.67. The van der Waals surface area contributed by atoms with Gasteiger partial charge in [-0.3, -0.25) is 0 Å². The van der Waals surface area contributed by atoms with Crippen LogP contribution in [0.4, 0.5) is 0 Å². The summed E-state index contributed by atoms with van der Waals surface area (Å²) in [5.41, 5.74) is 9.28. The van der Waals surface area contributed by atoms with Crippen molar-refractivity contribution in [1.29, 1.82) is 0 Å². The van der Waals surface area contributed by atoms with E-state index in [1.54, 1.807) is 0 Å². The molecular weight excluding hydrogens is 220 g/mol. The highest BCUT2D eigenvalue weighted by atomic mass is 14.9. The van der Waals surface area contributed by atoms with Gasteiger partial charge in [0.25, 0.3) is 0 Å². The van der Waals surface area contributed by atoms with Crippen molar-refractivity contribution in [2.45, 2.75) is 37.5 Å². The fourth-order valence-electron chi connectivity index (χ4n) is 3.10. The summed E-state index contributed by atoms with van der Waals surface area (Å²) in [7, 11) is 0. The van der Waals surface area contributed by atoms with E-state index in [4.69, 9.17) is 5.73 Å². The van der Waals surface area contributed by atoms with Gasteiger partial charge in [0.15, 0.2) is 0 Å².